The number of hydrogen-bond donors (Lipinski definition) is 2. The van der Waals surface area contributed by atoms with Gasteiger partial charge in [0.05, 0.1) is 5.75 Å². The number of halogens is 3. The third-order valence-corrected chi connectivity index (χ3v) is 5.12. The van der Waals surface area contributed by atoms with Gasteiger partial charge in [0.25, 0.3) is 0 Å². The minimum atomic E-state index is -4.61. The molecule has 0 aliphatic heterocycles. The highest BCUT2D eigenvalue weighted by atomic mass is 32.2. The smallest absolute Gasteiger partial charge is 0.335 e. The Morgan fingerprint density at radius 2 is 1.96 bits per heavy atom. The van der Waals surface area contributed by atoms with Crippen molar-refractivity contribution >= 4 is 23.7 Å². The molecule has 1 aliphatic carbocycles. The monoisotopic (exact) mass is 379 g/mol. The van der Waals surface area contributed by atoms with Crippen molar-refractivity contribution in [3.63, 3.8) is 0 Å². The van der Waals surface area contributed by atoms with E-state index in [9.17, 15) is 22.8 Å². The van der Waals surface area contributed by atoms with Gasteiger partial charge in [0.15, 0.2) is 5.16 Å². The van der Waals surface area contributed by atoms with Crippen LogP contribution in [-0.4, -0.2) is 38.5 Å². The van der Waals surface area contributed by atoms with Crippen molar-refractivity contribution in [3.8, 4) is 0 Å². The molecule has 1 aliphatic rings. The van der Waals surface area contributed by atoms with Crippen LogP contribution in [0.2, 0.25) is 0 Å². The molecule has 7 nitrogen and oxygen atoms in total. The van der Waals surface area contributed by atoms with Gasteiger partial charge >= 0.3 is 12.2 Å². The van der Waals surface area contributed by atoms with Crippen LogP contribution < -0.4 is 10.6 Å². The molecule has 0 aromatic carbocycles. The Hall–Kier alpha value is -1.78. The third kappa shape index (κ3) is 5.35. The summed E-state index contributed by atoms with van der Waals surface area (Å²) in [5.74, 6) is -1.64. The fourth-order valence-corrected chi connectivity index (χ4v) is 3.43. The van der Waals surface area contributed by atoms with Crippen LogP contribution in [0.15, 0.2) is 5.16 Å². The number of amides is 3. The molecule has 2 atom stereocenters. The van der Waals surface area contributed by atoms with Crippen LogP contribution in [0.3, 0.4) is 0 Å². The summed E-state index contributed by atoms with van der Waals surface area (Å²) >= 11 is 0.778. The molecule has 0 saturated heterocycles. The molecule has 0 bridgehead atoms. The van der Waals surface area contributed by atoms with E-state index in [0.717, 1.165) is 42.0 Å². The van der Waals surface area contributed by atoms with Gasteiger partial charge in [-0.3, -0.25) is 10.1 Å². The number of nitrogens with zero attached hydrogens (tertiary/aromatic N) is 3. The molecule has 1 saturated carbocycles. The SMILES string of the molecule is C[C@@H]1CCCC[C@H]1NC(=O)NC(=O)CSc1nnc(C(F)(F)F)n1C. The third-order valence-electron chi connectivity index (χ3n) is 4.10. The number of aromatic nitrogens is 3. The van der Waals surface area contributed by atoms with E-state index in [-0.39, 0.29) is 17.0 Å². The summed E-state index contributed by atoms with van der Waals surface area (Å²) in [6, 6.07) is -0.555. The van der Waals surface area contributed by atoms with Crippen molar-refractivity contribution in [2.45, 2.75) is 50.0 Å². The van der Waals surface area contributed by atoms with E-state index in [0.29, 0.717) is 5.92 Å². The lowest BCUT2D eigenvalue weighted by atomic mass is 9.86. The van der Waals surface area contributed by atoms with Gasteiger partial charge in [-0.15, -0.1) is 10.2 Å². The van der Waals surface area contributed by atoms with Gasteiger partial charge < -0.3 is 9.88 Å². The summed E-state index contributed by atoms with van der Waals surface area (Å²) < 4.78 is 38.6. The number of thioether (sulfide) groups is 1. The van der Waals surface area contributed by atoms with Gasteiger partial charge in [0.2, 0.25) is 11.7 Å². The van der Waals surface area contributed by atoms with E-state index >= 15 is 0 Å². The predicted octanol–water partition coefficient (Wildman–Crippen LogP) is 2.33. The quantitative estimate of drug-likeness (QED) is 0.784. The molecule has 11 heteroatoms. The van der Waals surface area contributed by atoms with Crippen molar-refractivity contribution in [1.82, 2.24) is 25.4 Å². The molecule has 0 radical (unpaired) electrons. The zero-order chi connectivity index (χ0) is 18.6. The molecular weight excluding hydrogens is 359 g/mol. The molecule has 1 fully saturated rings. The van der Waals surface area contributed by atoms with Crippen LogP contribution in [0, 0.1) is 5.92 Å². The van der Waals surface area contributed by atoms with Crippen molar-refractivity contribution in [2.24, 2.45) is 13.0 Å². The van der Waals surface area contributed by atoms with E-state index in [2.05, 4.69) is 20.8 Å². The Morgan fingerprint density at radius 3 is 2.56 bits per heavy atom. The maximum atomic E-state index is 12.6. The van der Waals surface area contributed by atoms with Crippen LogP contribution in [0.25, 0.3) is 0 Å². The van der Waals surface area contributed by atoms with E-state index < -0.39 is 23.9 Å². The maximum absolute atomic E-state index is 12.6. The Morgan fingerprint density at radius 1 is 1.28 bits per heavy atom. The molecule has 25 heavy (non-hydrogen) atoms. The number of carbonyl (C=O) groups is 2. The number of alkyl halides is 3. The zero-order valence-electron chi connectivity index (χ0n) is 13.9. The molecule has 1 aromatic rings. The van der Waals surface area contributed by atoms with E-state index in [1.165, 1.54) is 7.05 Å². The highest BCUT2D eigenvalue weighted by Crippen LogP contribution is 2.29. The van der Waals surface area contributed by atoms with Crippen LogP contribution in [-0.2, 0) is 18.0 Å². The summed E-state index contributed by atoms with van der Waals surface area (Å²) in [5.41, 5.74) is 0. The number of rotatable bonds is 4. The average Bonchev–Trinajstić information content (AvgIpc) is 2.88. The second-order valence-corrected chi connectivity index (χ2v) is 6.98. The van der Waals surface area contributed by atoms with E-state index in [1.807, 2.05) is 6.92 Å². The first-order valence-electron chi connectivity index (χ1n) is 7.88. The second kappa shape index (κ2) is 8.07. The Balaban J connectivity index is 1.81. The number of urea groups is 1. The molecular formula is C14H20F3N5O2S. The Labute approximate surface area is 147 Å². The largest absolute Gasteiger partial charge is 0.451 e. The van der Waals surface area contributed by atoms with Crippen molar-refractivity contribution in [1.29, 1.82) is 0 Å². The predicted molar refractivity (Wildman–Crippen MR) is 84.8 cm³/mol. The van der Waals surface area contributed by atoms with Crippen LogP contribution in [0.5, 0.6) is 0 Å². The normalized spacial score (nSPS) is 21.0. The molecule has 1 heterocycles. The molecule has 1 aromatic heterocycles. The van der Waals surface area contributed by atoms with E-state index in [1.54, 1.807) is 0 Å². The minimum absolute atomic E-state index is 0.0299. The molecule has 140 valence electrons. The first kappa shape index (κ1) is 19.5. The van der Waals surface area contributed by atoms with Crippen LogP contribution in [0.4, 0.5) is 18.0 Å². The lowest BCUT2D eigenvalue weighted by molar-refractivity contribution is -0.147. The first-order valence-corrected chi connectivity index (χ1v) is 8.86. The molecule has 0 spiro atoms. The van der Waals surface area contributed by atoms with Gasteiger partial charge in [0.1, 0.15) is 0 Å². The molecule has 0 unspecified atom stereocenters. The number of hydrogen-bond acceptors (Lipinski definition) is 5. The second-order valence-electron chi connectivity index (χ2n) is 6.04. The summed E-state index contributed by atoms with van der Waals surface area (Å²) in [6.45, 7) is 2.05. The van der Waals surface area contributed by atoms with E-state index in [4.69, 9.17) is 0 Å². The summed E-state index contributed by atoms with van der Waals surface area (Å²) in [4.78, 5) is 23.6. The van der Waals surface area contributed by atoms with Gasteiger partial charge in [-0.1, -0.05) is 31.5 Å². The molecule has 2 rings (SSSR count). The Kier molecular flexibility index (Phi) is 6.31. The Bertz CT molecular complexity index is 634. The topological polar surface area (TPSA) is 88.9 Å². The van der Waals surface area contributed by atoms with Crippen molar-refractivity contribution in [2.75, 3.05) is 5.75 Å². The van der Waals surface area contributed by atoms with Crippen molar-refractivity contribution in [3.05, 3.63) is 5.82 Å². The van der Waals surface area contributed by atoms with Crippen LogP contribution >= 0.6 is 11.8 Å². The maximum Gasteiger partial charge on any atom is 0.451 e. The standard InChI is InChI=1S/C14H20F3N5O2S/c1-8-5-3-4-6-9(8)18-12(24)19-10(23)7-25-13-21-20-11(22(13)2)14(15,16)17/h8-9H,3-7H2,1-2H3,(H2,18,19,23,24)/t8-,9-/m1/s1. The van der Waals surface area contributed by atoms with Gasteiger partial charge in [0, 0.05) is 13.1 Å². The van der Waals surface area contributed by atoms with Crippen LogP contribution in [0.1, 0.15) is 38.4 Å². The first-order chi connectivity index (χ1) is 11.7. The number of imide groups is 1. The average molecular weight is 379 g/mol. The zero-order valence-corrected chi connectivity index (χ0v) is 14.7. The van der Waals surface area contributed by atoms with Gasteiger partial charge in [-0.2, -0.15) is 13.2 Å². The summed E-state index contributed by atoms with van der Waals surface area (Å²) in [6.07, 6.45) is -0.542. The molecule has 3 amide bonds. The minimum Gasteiger partial charge on any atom is -0.335 e. The highest BCUT2D eigenvalue weighted by molar-refractivity contribution is 7.99. The van der Waals surface area contributed by atoms with Gasteiger partial charge in [-0.25, -0.2) is 4.79 Å². The summed E-state index contributed by atoms with van der Waals surface area (Å²) in [7, 11) is 1.17. The highest BCUT2D eigenvalue weighted by Gasteiger charge is 2.37. The fraction of sp³-hybridized carbons (Fsp3) is 0.714. The van der Waals surface area contributed by atoms with Gasteiger partial charge in [-0.05, 0) is 18.8 Å². The van der Waals surface area contributed by atoms with Crippen molar-refractivity contribution < 1.29 is 22.8 Å². The lowest BCUT2D eigenvalue weighted by Gasteiger charge is -2.29. The fourth-order valence-electron chi connectivity index (χ4n) is 2.72. The number of carbonyl (C=O) groups excluding carboxylic acids is 2. The molecule has 2 N–H and O–H groups in total. The number of nitrogens with one attached hydrogen (secondary N) is 2. The lowest BCUT2D eigenvalue weighted by Crippen LogP contribution is -2.48. The summed E-state index contributed by atoms with van der Waals surface area (Å²) in [5, 5.41) is 11.4.